The van der Waals surface area contributed by atoms with Crippen LogP contribution in [0, 0.1) is 12.3 Å². The molecule has 0 fully saturated rings. The molecule has 0 aromatic carbocycles. The molecule has 4 heteroatoms. The smallest absolute Gasteiger partial charge is 0.249 e. The van der Waals surface area contributed by atoms with Gasteiger partial charge >= 0.3 is 0 Å². The number of nitrogens with two attached hydrogens (primary N) is 1. The minimum Gasteiger partial charge on any atom is -0.369 e. The molecule has 0 saturated carbocycles. The molecule has 0 saturated heterocycles. The van der Waals surface area contributed by atoms with Gasteiger partial charge in [-0.05, 0) is 19.9 Å². The molecule has 0 aromatic heterocycles. The molecule has 0 spiro atoms. The van der Waals surface area contributed by atoms with E-state index in [9.17, 15) is 4.79 Å². The van der Waals surface area contributed by atoms with Crippen molar-refractivity contribution >= 4 is 5.91 Å². The summed E-state index contributed by atoms with van der Waals surface area (Å²) in [6.07, 6.45) is 5.27. The van der Waals surface area contributed by atoms with E-state index in [1.807, 2.05) is 0 Å². The average Bonchev–Trinajstić information content (AvgIpc) is 2.14. The van der Waals surface area contributed by atoms with Crippen molar-refractivity contribution in [1.29, 1.82) is 0 Å². The molecule has 0 aliphatic rings. The molecule has 0 heterocycles. The highest BCUT2D eigenvalue weighted by molar-refractivity contribution is 5.80. The molecule has 0 rings (SSSR count). The number of hydrogen-bond acceptors (Lipinski definition) is 3. The van der Waals surface area contributed by atoms with E-state index in [-0.39, 0.29) is 12.5 Å². The number of carbonyl (C=O) groups is 1. The number of terminal acetylenes is 1. The van der Waals surface area contributed by atoms with Crippen LogP contribution in [0.25, 0.3) is 0 Å². The van der Waals surface area contributed by atoms with E-state index in [1.54, 1.807) is 6.92 Å². The SMILES string of the molecule is C#CCNC(=O)C(C)OCCCN. The second-order valence-electron chi connectivity index (χ2n) is 2.58. The molecule has 74 valence electrons. The summed E-state index contributed by atoms with van der Waals surface area (Å²) in [5.74, 6) is 2.13. The van der Waals surface area contributed by atoms with Gasteiger partial charge in [0.1, 0.15) is 6.10 Å². The van der Waals surface area contributed by atoms with E-state index < -0.39 is 6.10 Å². The normalized spacial score (nSPS) is 11.8. The van der Waals surface area contributed by atoms with E-state index >= 15 is 0 Å². The highest BCUT2D eigenvalue weighted by Gasteiger charge is 2.10. The summed E-state index contributed by atoms with van der Waals surface area (Å²) in [6.45, 7) is 2.99. The molecular weight excluding hydrogens is 168 g/mol. The number of hydrogen-bond donors (Lipinski definition) is 2. The van der Waals surface area contributed by atoms with Gasteiger partial charge in [-0.25, -0.2) is 0 Å². The van der Waals surface area contributed by atoms with Gasteiger partial charge in [-0.1, -0.05) is 5.92 Å². The van der Waals surface area contributed by atoms with Crippen molar-refractivity contribution in [2.45, 2.75) is 19.4 Å². The van der Waals surface area contributed by atoms with Crippen molar-refractivity contribution in [2.75, 3.05) is 19.7 Å². The first kappa shape index (κ1) is 11.9. The number of rotatable bonds is 6. The van der Waals surface area contributed by atoms with Gasteiger partial charge in [0.25, 0.3) is 0 Å². The van der Waals surface area contributed by atoms with Gasteiger partial charge < -0.3 is 15.8 Å². The molecule has 13 heavy (non-hydrogen) atoms. The first-order valence-electron chi connectivity index (χ1n) is 4.25. The minimum atomic E-state index is -0.458. The van der Waals surface area contributed by atoms with Crippen molar-refractivity contribution < 1.29 is 9.53 Å². The second-order valence-corrected chi connectivity index (χ2v) is 2.58. The van der Waals surface area contributed by atoms with Crippen molar-refractivity contribution in [1.82, 2.24) is 5.32 Å². The van der Waals surface area contributed by atoms with E-state index in [1.165, 1.54) is 0 Å². The third-order valence-corrected chi connectivity index (χ3v) is 1.45. The van der Waals surface area contributed by atoms with Crippen LogP contribution in [0.3, 0.4) is 0 Å². The van der Waals surface area contributed by atoms with Crippen molar-refractivity contribution in [3.05, 3.63) is 0 Å². The molecule has 3 N–H and O–H groups in total. The molecule has 0 bridgehead atoms. The number of amides is 1. The van der Waals surface area contributed by atoms with Crippen LogP contribution >= 0.6 is 0 Å². The van der Waals surface area contributed by atoms with Crippen LogP contribution in [-0.2, 0) is 9.53 Å². The van der Waals surface area contributed by atoms with Crippen LogP contribution in [0.2, 0.25) is 0 Å². The predicted octanol–water partition coefficient (Wildman–Crippen LogP) is -0.510. The molecule has 4 nitrogen and oxygen atoms in total. The van der Waals surface area contributed by atoms with Gasteiger partial charge in [-0.15, -0.1) is 6.42 Å². The van der Waals surface area contributed by atoms with Gasteiger partial charge in [0.05, 0.1) is 6.54 Å². The topological polar surface area (TPSA) is 64.3 Å². The van der Waals surface area contributed by atoms with Crippen molar-refractivity contribution in [3.8, 4) is 12.3 Å². The summed E-state index contributed by atoms with van der Waals surface area (Å²) >= 11 is 0. The summed E-state index contributed by atoms with van der Waals surface area (Å²) in [7, 11) is 0. The number of ether oxygens (including phenoxy) is 1. The van der Waals surface area contributed by atoms with Gasteiger partial charge in [0.15, 0.2) is 0 Å². The summed E-state index contributed by atoms with van der Waals surface area (Å²) in [6, 6.07) is 0. The first-order chi connectivity index (χ1) is 6.22. The molecule has 0 aromatic rings. The van der Waals surface area contributed by atoms with Gasteiger partial charge in [0, 0.05) is 6.61 Å². The average molecular weight is 184 g/mol. The Morgan fingerprint density at radius 3 is 3.00 bits per heavy atom. The van der Waals surface area contributed by atoms with Crippen LogP contribution in [0.4, 0.5) is 0 Å². The summed E-state index contributed by atoms with van der Waals surface area (Å²) in [5.41, 5.74) is 5.26. The quantitative estimate of drug-likeness (QED) is 0.431. The van der Waals surface area contributed by atoms with E-state index in [2.05, 4.69) is 11.2 Å². The molecular formula is C9H16N2O2. The van der Waals surface area contributed by atoms with E-state index in [4.69, 9.17) is 16.9 Å². The first-order valence-corrected chi connectivity index (χ1v) is 4.25. The summed E-state index contributed by atoms with van der Waals surface area (Å²) < 4.78 is 5.18. The molecule has 0 aliphatic carbocycles. The Kier molecular flexibility index (Phi) is 6.98. The standard InChI is InChI=1S/C9H16N2O2/c1-3-6-11-9(12)8(2)13-7-4-5-10/h1,8H,4-7,10H2,2H3,(H,11,12). The third-order valence-electron chi connectivity index (χ3n) is 1.45. The highest BCUT2D eigenvalue weighted by Crippen LogP contribution is 1.91. The zero-order valence-corrected chi connectivity index (χ0v) is 7.88. The maximum absolute atomic E-state index is 11.1. The van der Waals surface area contributed by atoms with Crippen molar-refractivity contribution in [2.24, 2.45) is 5.73 Å². The Hall–Kier alpha value is -1.05. The summed E-state index contributed by atoms with van der Waals surface area (Å²) in [5, 5.41) is 2.53. The fourth-order valence-electron chi connectivity index (χ4n) is 0.701. The second kappa shape index (κ2) is 7.59. The zero-order valence-electron chi connectivity index (χ0n) is 7.88. The Bertz CT molecular complexity index is 187. The van der Waals surface area contributed by atoms with Crippen LogP contribution < -0.4 is 11.1 Å². The third kappa shape index (κ3) is 6.14. The molecule has 0 radical (unpaired) electrons. The Morgan fingerprint density at radius 2 is 2.46 bits per heavy atom. The minimum absolute atomic E-state index is 0.185. The molecule has 0 aliphatic heterocycles. The predicted molar refractivity (Wildman–Crippen MR) is 50.9 cm³/mol. The Morgan fingerprint density at radius 1 is 1.77 bits per heavy atom. The maximum Gasteiger partial charge on any atom is 0.249 e. The number of nitrogens with one attached hydrogen (secondary N) is 1. The fraction of sp³-hybridized carbons (Fsp3) is 0.667. The van der Waals surface area contributed by atoms with Gasteiger partial charge in [-0.3, -0.25) is 4.79 Å². The number of carbonyl (C=O) groups excluding carboxylic acids is 1. The van der Waals surface area contributed by atoms with E-state index in [0.29, 0.717) is 13.2 Å². The molecule has 1 unspecified atom stereocenters. The highest BCUT2D eigenvalue weighted by atomic mass is 16.5. The summed E-state index contributed by atoms with van der Waals surface area (Å²) in [4.78, 5) is 11.1. The maximum atomic E-state index is 11.1. The van der Waals surface area contributed by atoms with Gasteiger partial charge in [0.2, 0.25) is 5.91 Å². The van der Waals surface area contributed by atoms with Crippen LogP contribution in [0.1, 0.15) is 13.3 Å². The lowest BCUT2D eigenvalue weighted by Gasteiger charge is -2.11. The lowest BCUT2D eigenvalue weighted by atomic mass is 10.3. The zero-order chi connectivity index (χ0) is 10.1. The monoisotopic (exact) mass is 184 g/mol. The Labute approximate surface area is 78.8 Å². The lowest BCUT2D eigenvalue weighted by Crippen LogP contribution is -2.35. The molecule has 1 atom stereocenters. The van der Waals surface area contributed by atoms with E-state index in [0.717, 1.165) is 6.42 Å². The van der Waals surface area contributed by atoms with Gasteiger partial charge in [-0.2, -0.15) is 0 Å². The van der Waals surface area contributed by atoms with Crippen LogP contribution in [0.5, 0.6) is 0 Å². The lowest BCUT2D eigenvalue weighted by molar-refractivity contribution is -0.131. The fourth-order valence-corrected chi connectivity index (χ4v) is 0.701. The van der Waals surface area contributed by atoms with Crippen LogP contribution in [-0.4, -0.2) is 31.7 Å². The van der Waals surface area contributed by atoms with Crippen molar-refractivity contribution in [3.63, 3.8) is 0 Å². The Balaban J connectivity index is 3.52. The van der Waals surface area contributed by atoms with Crippen LogP contribution in [0.15, 0.2) is 0 Å². The molecule has 1 amide bonds. The largest absolute Gasteiger partial charge is 0.369 e.